The summed E-state index contributed by atoms with van der Waals surface area (Å²) >= 11 is 0. The van der Waals surface area contributed by atoms with E-state index in [-0.39, 0.29) is 64.5 Å². The molecule has 0 amide bonds. The Morgan fingerprint density at radius 1 is 0.938 bits per heavy atom. The third-order valence-corrected chi connectivity index (χ3v) is 16.5. The minimum atomic E-state index is -1.36. The number of aliphatic hydroxyl groups excluding tert-OH is 4. The van der Waals surface area contributed by atoms with Crippen LogP contribution in [0.15, 0.2) is 0 Å². The fourth-order valence-electron chi connectivity index (χ4n) is 14.7. The van der Waals surface area contributed by atoms with Crippen LogP contribution in [0.5, 0.6) is 0 Å². The van der Waals surface area contributed by atoms with Gasteiger partial charge in [0.05, 0.1) is 30.0 Å². The van der Waals surface area contributed by atoms with Gasteiger partial charge in [0.15, 0.2) is 6.29 Å². The predicted octanol–water partition coefficient (Wildman–Crippen LogP) is 3.31. The zero-order valence-corrected chi connectivity index (χ0v) is 30.3. The predicted molar refractivity (Wildman–Crippen MR) is 175 cm³/mol. The van der Waals surface area contributed by atoms with Gasteiger partial charge in [-0.25, -0.2) is 0 Å². The van der Waals surface area contributed by atoms with Gasteiger partial charge in [0.25, 0.3) is 0 Å². The average molecular weight is 679 g/mol. The first-order valence-corrected chi connectivity index (χ1v) is 18.7. The number of rotatable bonds is 5. The summed E-state index contributed by atoms with van der Waals surface area (Å²) in [6.07, 6.45) is 1.23. The van der Waals surface area contributed by atoms with Crippen molar-refractivity contribution in [3.63, 3.8) is 0 Å². The van der Waals surface area contributed by atoms with Crippen LogP contribution < -0.4 is 0 Å². The molecule has 0 aromatic heterocycles. The lowest BCUT2D eigenvalue weighted by molar-refractivity contribution is -0.303. The fourth-order valence-corrected chi connectivity index (χ4v) is 14.7. The van der Waals surface area contributed by atoms with E-state index in [0.29, 0.717) is 12.3 Å². The van der Waals surface area contributed by atoms with E-state index in [1.165, 1.54) is 6.92 Å². The van der Waals surface area contributed by atoms with Gasteiger partial charge >= 0.3 is 5.97 Å². The number of esters is 1. The molecule has 7 rings (SSSR count). The summed E-state index contributed by atoms with van der Waals surface area (Å²) in [5, 5.41) is 67.4. The highest BCUT2D eigenvalue weighted by atomic mass is 16.7. The molecule has 10 heteroatoms. The Morgan fingerprint density at radius 3 is 2.23 bits per heavy atom. The second-order valence-corrected chi connectivity index (χ2v) is 19.3. The molecule has 3 unspecified atom stereocenters. The molecule has 0 radical (unpaired) electrons. The SMILES string of the molecule is CC(=O)O[C@@H]([C@H]1C[C@@H](C)[C@H]2[C@@](O)(C1)[C@H](O)[C@@]1(C)[C@@H]3CC[C@H]4C(C)(C)C(O[C@@H]5OCC(O)[C@H](O)[C@H]5O)CCC45C[C@@]35CC[C@]21C)C(C)(C)O. The van der Waals surface area contributed by atoms with Gasteiger partial charge in [0.2, 0.25) is 0 Å². The minimum Gasteiger partial charge on any atom is -0.459 e. The van der Waals surface area contributed by atoms with Crippen LogP contribution in [0.2, 0.25) is 0 Å². The average Bonchev–Trinajstić information content (AvgIpc) is 3.62. The van der Waals surface area contributed by atoms with Gasteiger partial charge in [-0.05, 0) is 117 Å². The summed E-state index contributed by atoms with van der Waals surface area (Å²) in [7, 11) is 0. The number of ether oxygens (including phenoxy) is 3. The lowest BCUT2D eigenvalue weighted by atomic mass is 9.41. The molecule has 0 bridgehead atoms. The summed E-state index contributed by atoms with van der Waals surface area (Å²) in [5.41, 5.74) is -3.45. The van der Waals surface area contributed by atoms with Crippen molar-refractivity contribution in [1.82, 2.24) is 0 Å². The summed E-state index contributed by atoms with van der Waals surface area (Å²) in [4.78, 5) is 12.1. The Kier molecular flexibility index (Phi) is 8.03. The second kappa shape index (κ2) is 10.8. The first kappa shape index (κ1) is 35.5. The molecule has 7 aliphatic rings. The molecule has 48 heavy (non-hydrogen) atoms. The lowest BCUT2D eigenvalue weighted by Crippen LogP contribution is -2.61. The summed E-state index contributed by atoms with van der Waals surface area (Å²) in [5.74, 6) is -0.144. The maximum atomic E-state index is 12.8. The number of carbonyl (C=O) groups excluding carboxylic acids is 1. The van der Waals surface area contributed by atoms with Crippen molar-refractivity contribution in [1.29, 1.82) is 0 Å². The Hall–Kier alpha value is -0.850. The molecule has 6 N–H and O–H groups in total. The molecule has 274 valence electrons. The Morgan fingerprint density at radius 2 is 1.58 bits per heavy atom. The molecule has 6 saturated carbocycles. The standard InChI is InChI=1S/C38H62O10/c1-19-15-21(29(33(5,6)44)47-20(2)39)16-38(45)28(19)34(7)13-14-37-18-36(37)12-11-25(48-30-27(42)26(41)22(40)17-46-30)32(3,4)23(36)9-10-24(37)35(34,8)31(38)43/h19,21-31,40-45H,9-18H2,1-8H3/t19-,21+,22?,23+,24+,25?,26+,27-,28-,29+,30+,31-,34-,35-,36?,37+,38+/m1/s1. The Balaban J connectivity index is 1.17. The van der Waals surface area contributed by atoms with E-state index < -0.39 is 59.4 Å². The van der Waals surface area contributed by atoms with Crippen LogP contribution in [0.3, 0.4) is 0 Å². The molecule has 17 atom stereocenters. The fraction of sp³-hybridized carbons (Fsp3) is 0.974. The number of hydrogen-bond donors (Lipinski definition) is 6. The topological polar surface area (TPSA) is 166 Å². The summed E-state index contributed by atoms with van der Waals surface area (Å²) in [6, 6.07) is 0. The van der Waals surface area contributed by atoms with Crippen molar-refractivity contribution >= 4 is 5.97 Å². The van der Waals surface area contributed by atoms with E-state index in [0.717, 1.165) is 44.9 Å². The molecule has 6 aliphatic carbocycles. The first-order valence-electron chi connectivity index (χ1n) is 18.7. The van der Waals surface area contributed by atoms with Gasteiger partial charge < -0.3 is 44.8 Å². The van der Waals surface area contributed by atoms with E-state index >= 15 is 0 Å². The van der Waals surface area contributed by atoms with Crippen molar-refractivity contribution in [2.45, 2.75) is 167 Å². The van der Waals surface area contributed by atoms with E-state index in [1.54, 1.807) is 13.8 Å². The monoisotopic (exact) mass is 678 g/mol. The normalized spacial score (nSPS) is 56.1. The molecule has 2 spiro atoms. The number of carbonyl (C=O) groups is 1. The molecule has 1 saturated heterocycles. The molecule has 1 heterocycles. The third kappa shape index (κ3) is 4.42. The quantitative estimate of drug-likeness (QED) is 0.188. The van der Waals surface area contributed by atoms with E-state index in [4.69, 9.17) is 14.2 Å². The van der Waals surface area contributed by atoms with Crippen LogP contribution in [0.4, 0.5) is 0 Å². The van der Waals surface area contributed by atoms with Gasteiger partial charge in [0, 0.05) is 18.3 Å². The highest BCUT2D eigenvalue weighted by Gasteiger charge is 2.86. The zero-order valence-electron chi connectivity index (χ0n) is 30.3. The van der Waals surface area contributed by atoms with Crippen LogP contribution >= 0.6 is 0 Å². The summed E-state index contributed by atoms with van der Waals surface area (Å²) in [6.45, 7) is 15.9. The minimum absolute atomic E-state index is 0.0673. The zero-order chi connectivity index (χ0) is 35.2. The number of aliphatic hydroxyl groups is 6. The maximum absolute atomic E-state index is 12.8. The van der Waals surface area contributed by atoms with E-state index in [9.17, 15) is 35.4 Å². The first-order chi connectivity index (χ1) is 22.1. The van der Waals surface area contributed by atoms with Gasteiger partial charge in [0.1, 0.15) is 24.4 Å². The number of hydrogen-bond acceptors (Lipinski definition) is 10. The van der Waals surface area contributed by atoms with Crippen molar-refractivity contribution in [2.24, 2.45) is 56.7 Å². The smallest absolute Gasteiger partial charge is 0.303 e. The second-order valence-electron chi connectivity index (χ2n) is 19.3. The highest BCUT2D eigenvalue weighted by Crippen LogP contribution is 2.90. The maximum Gasteiger partial charge on any atom is 0.303 e. The molecule has 7 fully saturated rings. The van der Waals surface area contributed by atoms with Crippen molar-refractivity contribution in [2.75, 3.05) is 6.61 Å². The van der Waals surface area contributed by atoms with Crippen LogP contribution in [0, 0.1) is 56.7 Å². The number of fused-ring (bicyclic) bond motifs is 4. The molecule has 0 aromatic rings. The Labute approximate surface area is 285 Å². The Bertz CT molecular complexity index is 1300. The summed E-state index contributed by atoms with van der Waals surface area (Å²) < 4.78 is 17.8. The van der Waals surface area contributed by atoms with Gasteiger partial charge in [-0.2, -0.15) is 0 Å². The van der Waals surface area contributed by atoms with Gasteiger partial charge in [-0.3, -0.25) is 4.79 Å². The third-order valence-electron chi connectivity index (χ3n) is 16.5. The molecule has 10 nitrogen and oxygen atoms in total. The molecule has 1 aliphatic heterocycles. The molecular weight excluding hydrogens is 616 g/mol. The van der Waals surface area contributed by atoms with Crippen molar-refractivity contribution in [3.8, 4) is 0 Å². The largest absolute Gasteiger partial charge is 0.459 e. The van der Waals surface area contributed by atoms with Gasteiger partial charge in [-0.15, -0.1) is 0 Å². The molecular formula is C38H62O10. The highest BCUT2D eigenvalue weighted by molar-refractivity contribution is 5.66. The van der Waals surface area contributed by atoms with Crippen molar-refractivity contribution < 1.29 is 49.6 Å². The lowest BCUT2D eigenvalue weighted by Gasteiger charge is -2.64. The van der Waals surface area contributed by atoms with Gasteiger partial charge in [-0.1, -0.05) is 34.6 Å². The van der Waals surface area contributed by atoms with Crippen LogP contribution in [-0.4, -0.2) is 97.3 Å². The van der Waals surface area contributed by atoms with Crippen LogP contribution in [0.25, 0.3) is 0 Å². The molecule has 0 aromatic carbocycles. The van der Waals surface area contributed by atoms with E-state index in [1.807, 2.05) is 0 Å². The van der Waals surface area contributed by atoms with E-state index in [2.05, 4.69) is 34.6 Å². The van der Waals surface area contributed by atoms with Crippen molar-refractivity contribution in [3.05, 3.63) is 0 Å². The van der Waals surface area contributed by atoms with Crippen LogP contribution in [-0.2, 0) is 19.0 Å². The van der Waals surface area contributed by atoms with Crippen LogP contribution in [0.1, 0.15) is 113 Å².